The van der Waals surface area contributed by atoms with Crippen LogP contribution >= 0.6 is 0 Å². The monoisotopic (exact) mass is 493 g/mol. The molecule has 2 aromatic heterocycles. The molecule has 1 saturated carbocycles. The fraction of sp³-hybridized carbons (Fsp3) is 0.333. The zero-order valence-corrected chi connectivity index (χ0v) is 20.1. The van der Waals surface area contributed by atoms with Gasteiger partial charge < -0.3 is 25.2 Å². The molecule has 3 aromatic rings. The first-order chi connectivity index (χ1) is 17.2. The van der Waals surface area contributed by atoms with Crippen LogP contribution in [-0.2, 0) is 0 Å². The van der Waals surface area contributed by atoms with Crippen LogP contribution in [0.4, 0.5) is 22.0 Å². The van der Waals surface area contributed by atoms with Crippen LogP contribution < -0.4 is 25.4 Å². The highest BCUT2D eigenvalue weighted by Gasteiger charge is 2.27. The number of carbonyl (C=O) groups is 2. The van der Waals surface area contributed by atoms with Crippen LogP contribution in [0.2, 0.25) is 0 Å². The fourth-order valence-electron chi connectivity index (χ4n) is 3.15. The van der Waals surface area contributed by atoms with Gasteiger partial charge in [-0.25, -0.2) is 24.7 Å². The van der Waals surface area contributed by atoms with Crippen LogP contribution in [0, 0.1) is 0 Å². The maximum absolute atomic E-state index is 12.8. The number of hydrogen-bond acceptors (Lipinski definition) is 10. The third-order valence-corrected chi connectivity index (χ3v) is 5.06. The summed E-state index contributed by atoms with van der Waals surface area (Å²) in [5.41, 5.74) is 0.570. The zero-order chi connectivity index (χ0) is 25.7. The van der Waals surface area contributed by atoms with Gasteiger partial charge in [0.2, 0.25) is 0 Å². The van der Waals surface area contributed by atoms with Crippen LogP contribution in [0.3, 0.4) is 0 Å². The Balaban J connectivity index is 1.54. The number of amides is 2. The van der Waals surface area contributed by atoms with Crippen molar-refractivity contribution in [3.8, 4) is 11.6 Å². The molecule has 0 saturated heterocycles. The first-order valence-corrected chi connectivity index (χ1v) is 11.3. The molecular weight excluding hydrogens is 466 g/mol. The molecule has 2 heterocycles. The number of rotatable bonds is 9. The Morgan fingerprint density at radius 2 is 1.92 bits per heavy atom. The van der Waals surface area contributed by atoms with Gasteiger partial charge in [0, 0.05) is 13.0 Å². The van der Waals surface area contributed by atoms with Gasteiger partial charge in [0.1, 0.15) is 18.7 Å². The van der Waals surface area contributed by atoms with E-state index in [2.05, 4.69) is 35.9 Å². The Hall–Kier alpha value is -4.32. The largest absolute Gasteiger partial charge is 0.491 e. The second-order valence-electron chi connectivity index (χ2n) is 8.88. The van der Waals surface area contributed by atoms with E-state index in [9.17, 15) is 14.7 Å². The number of aromatic nitrogens is 4. The number of benzene rings is 1. The molecule has 2 amide bonds. The lowest BCUT2D eigenvalue weighted by Gasteiger charge is -2.19. The van der Waals surface area contributed by atoms with Crippen LogP contribution in [0.1, 0.15) is 48.7 Å². The minimum atomic E-state index is -1.05. The molecule has 0 atom stereocenters. The molecule has 0 radical (unpaired) electrons. The van der Waals surface area contributed by atoms with Gasteiger partial charge in [0.15, 0.2) is 5.82 Å². The van der Waals surface area contributed by atoms with Gasteiger partial charge >= 0.3 is 6.09 Å². The lowest BCUT2D eigenvalue weighted by atomic mass is 10.1. The highest BCUT2D eigenvalue weighted by molar-refractivity contribution is 6.03. The second kappa shape index (κ2) is 10.5. The number of nitrogens with one attached hydrogen (secondary N) is 3. The van der Waals surface area contributed by atoms with Crippen molar-refractivity contribution in [3.05, 3.63) is 54.4 Å². The molecule has 0 unspecified atom stereocenters. The third-order valence-electron chi connectivity index (χ3n) is 5.06. The van der Waals surface area contributed by atoms with Gasteiger partial charge in [-0.05, 0) is 44.9 Å². The van der Waals surface area contributed by atoms with Gasteiger partial charge in [0.05, 0.1) is 46.8 Å². The van der Waals surface area contributed by atoms with Crippen molar-refractivity contribution in [2.45, 2.75) is 38.2 Å². The molecule has 1 fully saturated rings. The maximum Gasteiger partial charge on any atom is 0.418 e. The summed E-state index contributed by atoms with van der Waals surface area (Å²) >= 11 is 0. The van der Waals surface area contributed by atoms with Gasteiger partial charge in [-0.1, -0.05) is 0 Å². The minimum Gasteiger partial charge on any atom is -0.491 e. The van der Waals surface area contributed by atoms with Crippen molar-refractivity contribution < 1.29 is 24.2 Å². The van der Waals surface area contributed by atoms with E-state index < -0.39 is 17.6 Å². The number of carbonyl (C=O) groups excluding carboxylic acids is 2. The van der Waals surface area contributed by atoms with Crippen molar-refractivity contribution >= 4 is 29.2 Å². The third kappa shape index (κ3) is 6.63. The molecule has 12 heteroatoms. The van der Waals surface area contributed by atoms with Gasteiger partial charge in [-0.2, -0.15) is 0 Å². The Morgan fingerprint density at radius 3 is 2.58 bits per heavy atom. The van der Waals surface area contributed by atoms with E-state index in [1.807, 2.05) is 0 Å². The predicted molar refractivity (Wildman–Crippen MR) is 131 cm³/mol. The zero-order valence-electron chi connectivity index (χ0n) is 20.1. The molecule has 1 aromatic carbocycles. The normalized spacial score (nSPS) is 13.0. The average molecular weight is 494 g/mol. The molecule has 0 spiro atoms. The topological polar surface area (TPSA) is 160 Å². The van der Waals surface area contributed by atoms with E-state index in [1.54, 1.807) is 38.5 Å². The molecule has 4 rings (SSSR count). The molecular formula is C24H27N7O5. The SMILES string of the molecule is CNC(=O)c1cc(OCC(C)(C)O)ccc1NC(=O)Oc1nc(C2CC2)cnc1Nc1cncnc1. The van der Waals surface area contributed by atoms with E-state index >= 15 is 0 Å². The van der Waals surface area contributed by atoms with Crippen molar-refractivity contribution in [3.63, 3.8) is 0 Å². The summed E-state index contributed by atoms with van der Waals surface area (Å²) < 4.78 is 11.1. The summed E-state index contributed by atoms with van der Waals surface area (Å²) in [5, 5.41) is 18.0. The molecule has 36 heavy (non-hydrogen) atoms. The van der Waals surface area contributed by atoms with E-state index in [4.69, 9.17) is 9.47 Å². The number of ether oxygens (including phenoxy) is 2. The smallest absolute Gasteiger partial charge is 0.418 e. The quantitative estimate of drug-likeness (QED) is 0.349. The highest BCUT2D eigenvalue weighted by Crippen LogP contribution is 2.40. The molecule has 4 N–H and O–H groups in total. The summed E-state index contributed by atoms with van der Waals surface area (Å²) in [5.74, 6) is 0.391. The Bertz CT molecular complexity index is 1240. The molecule has 0 aliphatic heterocycles. The summed E-state index contributed by atoms with van der Waals surface area (Å²) in [6, 6.07) is 4.55. The molecule has 188 valence electrons. The molecule has 1 aliphatic rings. The van der Waals surface area contributed by atoms with Gasteiger partial charge in [0.25, 0.3) is 11.8 Å². The number of hydrogen-bond donors (Lipinski definition) is 4. The van der Waals surface area contributed by atoms with Crippen molar-refractivity contribution in [2.75, 3.05) is 24.3 Å². The van der Waals surface area contributed by atoms with Gasteiger partial charge in [-0.15, -0.1) is 0 Å². The first-order valence-electron chi connectivity index (χ1n) is 11.3. The lowest BCUT2D eigenvalue weighted by molar-refractivity contribution is 0.0285. The summed E-state index contributed by atoms with van der Waals surface area (Å²) in [4.78, 5) is 42.0. The Morgan fingerprint density at radius 1 is 1.17 bits per heavy atom. The van der Waals surface area contributed by atoms with Gasteiger partial charge in [-0.3, -0.25) is 10.1 Å². The van der Waals surface area contributed by atoms with Crippen LogP contribution in [0.15, 0.2) is 43.1 Å². The van der Waals surface area contributed by atoms with Crippen molar-refractivity contribution in [1.29, 1.82) is 0 Å². The summed E-state index contributed by atoms with van der Waals surface area (Å²) in [7, 11) is 1.47. The Labute approximate surface area is 207 Å². The van der Waals surface area contributed by atoms with Crippen molar-refractivity contribution in [2.24, 2.45) is 0 Å². The van der Waals surface area contributed by atoms with Crippen LogP contribution in [0.5, 0.6) is 11.6 Å². The maximum atomic E-state index is 12.8. The van der Waals surface area contributed by atoms with Crippen LogP contribution in [0.25, 0.3) is 0 Å². The lowest BCUT2D eigenvalue weighted by Crippen LogP contribution is -2.28. The summed E-state index contributed by atoms with van der Waals surface area (Å²) in [6.45, 7) is 3.23. The van der Waals surface area contributed by atoms with E-state index in [0.717, 1.165) is 18.5 Å². The molecule has 0 bridgehead atoms. The van der Waals surface area contributed by atoms with E-state index in [1.165, 1.54) is 25.5 Å². The van der Waals surface area contributed by atoms with Crippen LogP contribution in [-0.4, -0.2) is 56.3 Å². The Kier molecular flexibility index (Phi) is 7.25. The number of aliphatic hydroxyl groups is 1. The first kappa shape index (κ1) is 24.8. The van der Waals surface area contributed by atoms with E-state index in [-0.39, 0.29) is 35.5 Å². The van der Waals surface area contributed by atoms with Crippen molar-refractivity contribution in [1.82, 2.24) is 25.3 Å². The average Bonchev–Trinajstić information content (AvgIpc) is 3.70. The fourth-order valence-corrected chi connectivity index (χ4v) is 3.15. The summed E-state index contributed by atoms with van der Waals surface area (Å²) in [6.07, 6.45) is 7.26. The number of nitrogens with zero attached hydrogens (tertiary/aromatic N) is 4. The second-order valence-corrected chi connectivity index (χ2v) is 8.88. The van der Waals surface area contributed by atoms with E-state index in [0.29, 0.717) is 11.4 Å². The standard InChI is InChI=1S/C24H27N7O5/c1-24(2,34)12-35-16-6-7-18(17(8-16)21(32)25-3)31-23(33)36-22-20(29-15-9-26-13-27-10-15)28-11-19(30-22)14-4-5-14/h6-11,13-14,34H,4-5,12H2,1-3H3,(H,25,32)(H,28,29)(H,31,33). The highest BCUT2D eigenvalue weighted by atomic mass is 16.6. The predicted octanol–water partition coefficient (Wildman–Crippen LogP) is 3.01. The number of anilines is 3. The molecule has 1 aliphatic carbocycles. The minimum absolute atomic E-state index is 0.0209. The molecule has 12 nitrogen and oxygen atoms in total.